The van der Waals surface area contributed by atoms with E-state index in [-0.39, 0.29) is 24.7 Å². The zero-order chi connectivity index (χ0) is 11.5. The highest BCUT2D eigenvalue weighted by molar-refractivity contribution is 5.98. The van der Waals surface area contributed by atoms with Crippen molar-refractivity contribution >= 4 is 30.0 Å². The zero-order valence-electron chi connectivity index (χ0n) is 8.97. The topological polar surface area (TPSA) is 78.4 Å². The lowest BCUT2D eigenvalue weighted by Crippen LogP contribution is -2.39. The molecule has 0 spiro atoms. The lowest BCUT2D eigenvalue weighted by molar-refractivity contribution is -0.139. The first-order valence-electron chi connectivity index (χ1n) is 5.01. The van der Waals surface area contributed by atoms with Gasteiger partial charge in [0.05, 0.1) is 12.5 Å². The number of halogens is 1. The molecule has 0 saturated heterocycles. The number of rotatable bonds is 2. The van der Waals surface area contributed by atoms with Crippen LogP contribution in [0.2, 0.25) is 0 Å². The predicted octanol–water partition coefficient (Wildman–Crippen LogP) is 0.993. The minimum atomic E-state index is -0.987. The molecule has 0 fully saturated rings. The molecule has 1 heterocycles. The Morgan fingerprint density at radius 1 is 1.41 bits per heavy atom. The highest BCUT2D eigenvalue weighted by Crippen LogP contribution is 2.18. The van der Waals surface area contributed by atoms with Gasteiger partial charge < -0.3 is 15.7 Å². The van der Waals surface area contributed by atoms with Crippen LogP contribution in [0.3, 0.4) is 0 Å². The molecule has 1 aliphatic heterocycles. The Hall–Kier alpha value is -1.59. The Bertz CT molecular complexity index is 436. The van der Waals surface area contributed by atoms with Gasteiger partial charge in [-0.05, 0) is 11.6 Å². The van der Waals surface area contributed by atoms with Gasteiger partial charge in [-0.25, -0.2) is 0 Å². The van der Waals surface area contributed by atoms with Gasteiger partial charge in [0.2, 0.25) is 5.91 Å². The summed E-state index contributed by atoms with van der Waals surface area (Å²) in [6.07, 6.45) is -0.209. The Morgan fingerprint density at radius 3 is 2.82 bits per heavy atom. The number of carbonyl (C=O) groups excluding carboxylic acids is 1. The van der Waals surface area contributed by atoms with Crippen LogP contribution in [-0.4, -0.2) is 23.0 Å². The monoisotopic (exact) mass is 256 g/mol. The highest BCUT2D eigenvalue weighted by Gasteiger charge is 2.24. The molecule has 1 amide bonds. The summed E-state index contributed by atoms with van der Waals surface area (Å²) in [5, 5.41) is 14.3. The van der Waals surface area contributed by atoms with Gasteiger partial charge in [0.15, 0.2) is 0 Å². The van der Waals surface area contributed by atoms with E-state index in [1.165, 1.54) is 0 Å². The van der Waals surface area contributed by atoms with Crippen molar-refractivity contribution in [2.45, 2.75) is 19.0 Å². The van der Waals surface area contributed by atoms with Crippen molar-refractivity contribution in [2.24, 2.45) is 0 Å². The Kier molecular flexibility index (Phi) is 4.48. The molecule has 1 aromatic carbocycles. The van der Waals surface area contributed by atoms with Crippen LogP contribution in [0.25, 0.3) is 0 Å². The zero-order valence-corrected chi connectivity index (χ0v) is 9.79. The third kappa shape index (κ3) is 3.18. The number of aliphatic carboxylic acids is 1. The maximum Gasteiger partial charge on any atom is 0.305 e. The second kappa shape index (κ2) is 5.65. The van der Waals surface area contributed by atoms with Crippen LogP contribution < -0.4 is 10.6 Å². The van der Waals surface area contributed by atoms with Gasteiger partial charge in [-0.15, -0.1) is 12.4 Å². The predicted molar refractivity (Wildman–Crippen MR) is 65.2 cm³/mol. The SMILES string of the molecule is Cl.O=C(O)CC1NCc2ccccc2NC1=O. The first-order chi connectivity index (χ1) is 7.66. The van der Waals surface area contributed by atoms with Crippen molar-refractivity contribution in [2.75, 3.05) is 5.32 Å². The minimum absolute atomic E-state index is 0. The fourth-order valence-corrected chi connectivity index (χ4v) is 1.68. The van der Waals surface area contributed by atoms with Crippen molar-refractivity contribution in [3.05, 3.63) is 29.8 Å². The molecule has 0 radical (unpaired) electrons. The first-order valence-corrected chi connectivity index (χ1v) is 5.01. The first kappa shape index (κ1) is 13.5. The van der Waals surface area contributed by atoms with E-state index in [4.69, 9.17) is 5.11 Å². The number of amides is 1. The average molecular weight is 257 g/mol. The summed E-state index contributed by atoms with van der Waals surface area (Å²) in [6, 6.07) is 6.73. The quantitative estimate of drug-likeness (QED) is 0.738. The van der Waals surface area contributed by atoms with Crippen LogP contribution >= 0.6 is 12.4 Å². The largest absolute Gasteiger partial charge is 0.481 e. The summed E-state index contributed by atoms with van der Waals surface area (Å²) in [6.45, 7) is 0.493. The third-order valence-corrected chi connectivity index (χ3v) is 2.51. The van der Waals surface area contributed by atoms with Crippen molar-refractivity contribution in [3.8, 4) is 0 Å². The summed E-state index contributed by atoms with van der Waals surface area (Å²) >= 11 is 0. The number of carbonyl (C=O) groups is 2. The third-order valence-electron chi connectivity index (χ3n) is 2.51. The van der Waals surface area contributed by atoms with Gasteiger partial charge in [0.1, 0.15) is 0 Å². The van der Waals surface area contributed by atoms with Crippen molar-refractivity contribution in [1.82, 2.24) is 5.32 Å². The lowest BCUT2D eigenvalue weighted by Gasteiger charge is -2.11. The van der Waals surface area contributed by atoms with E-state index in [2.05, 4.69) is 10.6 Å². The van der Waals surface area contributed by atoms with Crippen molar-refractivity contribution < 1.29 is 14.7 Å². The van der Waals surface area contributed by atoms with E-state index in [1.807, 2.05) is 18.2 Å². The van der Waals surface area contributed by atoms with Gasteiger partial charge in [-0.3, -0.25) is 9.59 Å². The fourth-order valence-electron chi connectivity index (χ4n) is 1.68. The number of para-hydroxylation sites is 1. The molecule has 1 atom stereocenters. The number of nitrogens with one attached hydrogen (secondary N) is 2. The maximum absolute atomic E-state index is 11.7. The molecule has 5 nitrogen and oxygen atoms in total. The van der Waals surface area contributed by atoms with Gasteiger partial charge in [0.25, 0.3) is 0 Å². The number of anilines is 1. The molecule has 0 bridgehead atoms. The van der Waals surface area contributed by atoms with E-state index < -0.39 is 12.0 Å². The van der Waals surface area contributed by atoms with E-state index >= 15 is 0 Å². The molecule has 2 rings (SSSR count). The van der Waals surface area contributed by atoms with E-state index in [1.54, 1.807) is 6.07 Å². The van der Waals surface area contributed by atoms with Gasteiger partial charge >= 0.3 is 5.97 Å². The summed E-state index contributed by atoms with van der Waals surface area (Å²) in [7, 11) is 0. The van der Waals surface area contributed by atoms with E-state index in [9.17, 15) is 9.59 Å². The Balaban J connectivity index is 0.00000144. The normalized spacial score (nSPS) is 18.4. The Morgan fingerprint density at radius 2 is 2.12 bits per heavy atom. The molecule has 1 aliphatic rings. The van der Waals surface area contributed by atoms with Crippen LogP contribution in [0.1, 0.15) is 12.0 Å². The van der Waals surface area contributed by atoms with Crippen LogP contribution in [0, 0.1) is 0 Å². The minimum Gasteiger partial charge on any atom is -0.481 e. The molecule has 0 aromatic heterocycles. The molecule has 3 N–H and O–H groups in total. The van der Waals surface area contributed by atoms with Crippen molar-refractivity contribution in [1.29, 1.82) is 0 Å². The standard InChI is InChI=1S/C11H12N2O3.ClH/c14-10(15)5-9-11(16)13-8-4-2-1-3-7(8)6-12-9;/h1-4,9,12H,5-6H2,(H,13,16)(H,14,15);1H. The highest BCUT2D eigenvalue weighted by atomic mass is 35.5. The lowest BCUT2D eigenvalue weighted by atomic mass is 10.2. The van der Waals surface area contributed by atoms with Crippen LogP contribution in [0.5, 0.6) is 0 Å². The molecule has 0 aliphatic carbocycles. The maximum atomic E-state index is 11.7. The van der Waals surface area contributed by atoms with E-state index in [0.29, 0.717) is 6.54 Å². The molecule has 92 valence electrons. The van der Waals surface area contributed by atoms with Crippen LogP contribution in [-0.2, 0) is 16.1 Å². The molecule has 6 heteroatoms. The summed E-state index contributed by atoms with van der Waals surface area (Å²) in [5.74, 6) is -1.29. The van der Waals surface area contributed by atoms with E-state index in [0.717, 1.165) is 11.3 Å². The summed E-state index contributed by atoms with van der Waals surface area (Å²) in [4.78, 5) is 22.3. The number of hydrogen-bond donors (Lipinski definition) is 3. The number of hydrogen-bond acceptors (Lipinski definition) is 3. The number of fused-ring (bicyclic) bond motifs is 1. The smallest absolute Gasteiger partial charge is 0.305 e. The molecule has 1 aromatic rings. The van der Waals surface area contributed by atoms with Crippen LogP contribution in [0.15, 0.2) is 24.3 Å². The van der Waals surface area contributed by atoms with Gasteiger partial charge in [-0.1, -0.05) is 18.2 Å². The average Bonchev–Trinajstić information content (AvgIpc) is 2.39. The number of carboxylic acids is 1. The number of benzene rings is 1. The summed E-state index contributed by atoms with van der Waals surface area (Å²) < 4.78 is 0. The molecule has 1 unspecified atom stereocenters. The second-order valence-corrected chi connectivity index (χ2v) is 3.68. The van der Waals surface area contributed by atoms with Crippen molar-refractivity contribution in [3.63, 3.8) is 0 Å². The molecular formula is C11H13ClN2O3. The van der Waals surface area contributed by atoms with Gasteiger partial charge in [-0.2, -0.15) is 0 Å². The van der Waals surface area contributed by atoms with Crippen LogP contribution in [0.4, 0.5) is 5.69 Å². The summed E-state index contributed by atoms with van der Waals surface area (Å²) in [5.41, 5.74) is 1.71. The molecular weight excluding hydrogens is 244 g/mol. The molecule has 0 saturated carbocycles. The number of carboxylic acid groups (broad SMARTS) is 1. The molecule has 17 heavy (non-hydrogen) atoms. The Labute approximate surface area is 105 Å². The fraction of sp³-hybridized carbons (Fsp3) is 0.273. The second-order valence-electron chi connectivity index (χ2n) is 3.68. The van der Waals surface area contributed by atoms with Gasteiger partial charge in [0, 0.05) is 12.2 Å².